The number of ether oxygens (including phenoxy) is 1. The van der Waals surface area contributed by atoms with Crippen molar-refractivity contribution in [3.8, 4) is 21.7 Å². The average Bonchev–Trinajstić information content (AvgIpc) is 4.18. The van der Waals surface area contributed by atoms with E-state index < -0.39 is 17.6 Å². The normalized spacial score (nSPS) is 14.4. The second-order valence-electron chi connectivity index (χ2n) is 16.9. The summed E-state index contributed by atoms with van der Waals surface area (Å²) < 4.78 is 6.53. The molecular formula is C56H41N7O5S2Zn. The number of carbonyl (C=O) groups is 4. The molecule has 0 bridgehead atoms. The number of allylic oxidation sites excluding steroid dienone is 1. The number of nitrogens with one attached hydrogen (secondary N) is 2. The number of para-hydroxylation sites is 2. The molecule has 15 heteroatoms. The van der Waals surface area contributed by atoms with Crippen LogP contribution in [0.4, 0.5) is 10.6 Å². The summed E-state index contributed by atoms with van der Waals surface area (Å²) in [5.41, 5.74) is 9.35. The molecule has 9 aromatic rings. The molecular weight excluding hydrogens is 980 g/mol. The van der Waals surface area contributed by atoms with Gasteiger partial charge in [-0.25, -0.2) is 15.0 Å². The first kappa shape index (κ1) is 48.1. The SMILES string of the molecule is CC1(C)OC(=O)[N-]C1=O.Cc1ccccc1C(=O)NC1=N/C(=C\c2[n-]c(NC(=O)c3ccccc3C)c(-c3nc4ccccc4s3)c2-c2ccccc2)C(c2ccccc2)=C1c1nc2ccccc2s1.[Zn+2]. The van der Waals surface area contributed by atoms with Gasteiger partial charge in [0.25, 0.3) is 5.91 Å². The molecule has 3 aromatic heterocycles. The summed E-state index contributed by atoms with van der Waals surface area (Å²) in [7, 11) is 0. The second kappa shape index (κ2) is 20.2. The van der Waals surface area contributed by atoms with E-state index in [9.17, 15) is 19.2 Å². The summed E-state index contributed by atoms with van der Waals surface area (Å²) in [6, 6.07) is 51.0. The molecule has 0 unspecified atom stereocenters. The molecule has 0 atom stereocenters. The standard InChI is InChI=1S/C51H36N6O2S2.C5H7NO3.Zn/c1-30-17-9-11-23-34(30)48(58)56-46-44(50-54-36-25-13-15-27-40(36)60-50)42(32-19-5-3-6-20-32)38(52-46)29-39-43(33-21-7-4-8-22-33)45(51-55-37-26-14-16-28-41(37)61-51)47(53-39)57-49(59)35-24-12-10-18-31(35)2;1-5(2)3(7)6-4(8)9-5;/h3-29H,1-2H3,(H3,52,53,54,55,56,57,58,59);1-2H3,(H,6,7,8);/q;;+2/p-2. The third-order valence-electron chi connectivity index (χ3n) is 11.7. The summed E-state index contributed by atoms with van der Waals surface area (Å²) in [6.07, 6.45) is 1.16. The first-order valence-corrected chi connectivity index (χ1v) is 23.9. The van der Waals surface area contributed by atoms with Gasteiger partial charge in [-0.3, -0.25) is 14.4 Å². The van der Waals surface area contributed by atoms with E-state index in [-0.39, 0.29) is 31.3 Å². The molecule has 0 spiro atoms. The summed E-state index contributed by atoms with van der Waals surface area (Å²) in [5, 5.41) is 10.9. The van der Waals surface area contributed by atoms with E-state index in [0.29, 0.717) is 55.3 Å². The van der Waals surface area contributed by atoms with Gasteiger partial charge in [-0.15, -0.1) is 22.7 Å². The number of amidine groups is 1. The van der Waals surface area contributed by atoms with Crippen molar-refractivity contribution in [3.63, 3.8) is 0 Å². The maximum Gasteiger partial charge on any atom is 2.00 e. The molecule has 2 N–H and O–H groups in total. The molecule has 2 aliphatic rings. The van der Waals surface area contributed by atoms with E-state index in [0.717, 1.165) is 53.8 Å². The van der Waals surface area contributed by atoms with Gasteiger partial charge in [-0.05, 0) is 103 Å². The quantitative estimate of drug-likeness (QED) is 0.142. The average molecular weight is 1020 g/mol. The van der Waals surface area contributed by atoms with Crippen molar-refractivity contribution in [2.75, 3.05) is 5.32 Å². The number of hydrogen-bond donors (Lipinski definition) is 2. The fourth-order valence-corrected chi connectivity index (χ4v) is 10.2. The molecule has 6 aromatic carbocycles. The van der Waals surface area contributed by atoms with Gasteiger partial charge >= 0.3 is 19.5 Å². The van der Waals surface area contributed by atoms with Crippen molar-refractivity contribution in [2.24, 2.45) is 4.99 Å². The second-order valence-corrected chi connectivity index (χ2v) is 18.9. The third kappa shape index (κ3) is 9.80. The number of nitrogens with zero attached hydrogens (tertiary/aromatic N) is 5. The van der Waals surface area contributed by atoms with Crippen molar-refractivity contribution < 1.29 is 43.4 Å². The van der Waals surface area contributed by atoms with Gasteiger partial charge in [-0.1, -0.05) is 127 Å². The largest absolute Gasteiger partial charge is 2.00 e. The van der Waals surface area contributed by atoms with E-state index >= 15 is 0 Å². The van der Waals surface area contributed by atoms with Crippen LogP contribution in [0, 0.1) is 13.8 Å². The Morgan fingerprint density at radius 3 is 1.65 bits per heavy atom. The maximum atomic E-state index is 14.1. The summed E-state index contributed by atoms with van der Waals surface area (Å²) >= 11 is 3.09. The van der Waals surface area contributed by atoms with Gasteiger partial charge in [-0.2, -0.15) is 0 Å². The summed E-state index contributed by atoms with van der Waals surface area (Å²) in [4.78, 5) is 69.8. The number of aliphatic imine (C=N–C) groups is 1. The minimum Gasteiger partial charge on any atom is -0.556 e. The Morgan fingerprint density at radius 2 is 1.11 bits per heavy atom. The molecule has 4 amide bonds. The number of amides is 4. The monoisotopic (exact) mass is 1020 g/mol. The van der Waals surface area contributed by atoms with E-state index in [1.165, 1.54) is 13.8 Å². The number of imide groups is 1. The van der Waals surface area contributed by atoms with Crippen molar-refractivity contribution in [1.82, 2.24) is 20.3 Å². The van der Waals surface area contributed by atoms with E-state index in [1.807, 2.05) is 178 Å². The third-order valence-corrected chi connectivity index (χ3v) is 13.8. The zero-order chi connectivity index (χ0) is 48.5. The molecule has 12 nitrogen and oxygen atoms in total. The Morgan fingerprint density at radius 1 is 0.606 bits per heavy atom. The Labute approximate surface area is 429 Å². The fraction of sp³-hybridized carbons (Fsp3) is 0.0893. The predicted octanol–water partition coefficient (Wildman–Crippen LogP) is 12.7. The van der Waals surface area contributed by atoms with Crippen molar-refractivity contribution in [2.45, 2.75) is 33.3 Å². The summed E-state index contributed by atoms with van der Waals surface area (Å²) in [5.74, 6) is -0.304. The van der Waals surface area contributed by atoms with Crippen LogP contribution in [-0.4, -0.2) is 45.2 Å². The molecule has 2 aliphatic heterocycles. The van der Waals surface area contributed by atoms with Crippen molar-refractivity contribution in [1.29, 1.82) is 0 Å². The maximum absolute atomic E-state index is 14.1. The zero-order valence-corrected chi connectivity index (χ0v) is 43.5. The van der Waals surface area contributed by atoms with E-state index in [1.54, 1.807) is 22.7 Å². The van der Waals surface area contributed by atoms with Gasteiger partial charge in [0.2, 0.25) is 6.09 Å². The minimum atomic E-state index is -1.03. The van der Waals surface area contributed by atoms with E-state index in [2.05, 4.69) is 20.7 Å². The first-order valence-electron chi connectivity index (χ1n) is 22.2. The topological polar surface area (TPSA) is 168 Å². The van der Waals surface area contributed by atoms with Gasteiger partial charge < -0.3 is 30.5 Å². The summed E-state index contributed by atoms with van der Waals surface area (Å²) in [6.45, 7) is 6.84. The minimum absolute atomic E-state index is 0. The fourth-order valence-electron chi connectivity index (χ4n) is 8.15. The molecule has 0 saturated carbocycles. The van der Waals surface area contributed by atoms with Gasteiger partial charge in [0.1, 0.15) is 27.4 Å². The Kier molecular flexibility index (Phi) is 13.7. The first-order chi connectivity index (χ1) is 33.9. The van der Waals surface area contributed by atoms with Crippen molar-refractivity contribution in [3.05, 3.63) is 207 Å². The van der Waals surface area contributed by atoms with Crippen LogP contribution in [0.2, 0.25) is 0 Å². The smallest absolute Gasteiger partial charge is 0.556 e. The van der Waals surface area contributed by atoms with E-state index in [4.69, 9.17) is 19.9 Å². The van der Waals surface area contributed by atoms with Gasteiger partial charge in [0.15, 0.2) is 5.91 Å². The van der Waals surface area contributed by atoms with Crippen LogP contribution in [0.25, 0.3) is 64.7 Å². The number of cyclic esters (lactones) is 1. The molecule has 71 heavy (non-hydrogen) atoms. The van der Waals surface area contributed by atoms with Gasteiger partial charge in [0.05, 0.1) is 31.7 Å². The van der Waals surface area contributed by atoms with Crippen LogP contribution in [0.15, 0.2) is 168 Å². The molecule has 0 radical (unpaired) electrons. The Hall–Kier alpha value is -7.97. The van der Waals surface area contributed by atoms with Crippen LogP contribution in [0.3, 0.4) is 0 Å². The number of aryl methyl sites for hydroxylation is 2. The molecule has 11 rings (SSSR count). The number of carbonyl (C=O) groups excluding carboxylic acids is 4. The Bertz CT molecular complexity index is 3580. The van der Waals surface area contributed by atoms with Crippen LogP contribution < -0.4 is 15.6 Å². The van der Waals surface area contributed by atoms with Crippen LogP contribution in [-0.2, 0) is 29.0 Å². The number of fused-ring (bicyclic) bond motifs is 2. The van der Waals surface area contributed by atoms with Crippen molar-refractivity contribution >= 4 is 95.8 Å². The number of benzene rings is 6. The van der Waals surface area contributed by atoms with Crippen LogP contribution in [0.5, 0.6) is 0 Å². The number of hydrogen-bond acceptors (Lipinski definition) is 10. The predicted molar refractivity (Wildman–Crippen MR) is 279 cm³/mol. The molecule has 1 saturated heterocycles. The Balaban J connectivity index is 0.000000564. The number of thiazole rings is 2. The van der Waals surface area contributed by atoms with Crippen LogP contribution >= 0.6 is 22.7 Å². The molecule has 1 fully saturated rings. The molecule has 344 valence electrons. The van der Waals surface area contributed by atoms with Crippen LogP contribution in [0.1, 0.15) is 62.0 Å². The molecule has 0 aliphatic carbocycles. The van der Waals surface area contributed by atoms with Gasteiger partial charge in [0, 0.05) is 22.3 Å². The number of rotatable bonds is 8. The zero-order valence-electron chi connectivity index (χ0n) is 38.9. The molecule has 5 heterocycles. The number of aromatic nitrogens is 3. The number of anilines is 1.